The van der Waals surface area contributed by atoms with E-state index in [0.717, 1.165) is 18.7 Å². The molecule has 3 aromatic carbocycles. The average Bonchev–Trinajstić information content (AvgIpc) is 3.31. The van der Waals surface area contributed by atoms with Crippen molar-refractivity contribution in [1.82, 2.24) is 9.88 Å². The second kappa shape index (κ2) is 7.82. The van der Waals surface area contributed by atoms with Crippen molar-refractivity contribution in [3.63, 3.8) is 0 Å². The van der Waals surface area contributed by atoms with Crippen molar-refractivity contribution in [2.45, 2.75) is 25.0 Å². The molecule has 0 aliphatic carbocycles. The SMILES string of the molecule is OC(CNCCC1C=Nc2ccccc21)Cn1c2ccccc2c2ccccc21. The molecule has 4 aromatic rings. The van der Waals surface area contributed by atoms with E-state index in [2.05, 4.69) is 81.6 Å². The lowest BCUT2D eigenvalue weighted by atomic mass is 9.98. The zero-order valence-corrected chi connectivity index (χ0v) is 16.3. The van der Waals surface area contributed by atoms with Crippen LogP contribution in [0.2, 0.25) is 0 Å². The Hall–Kier alpha value is -2.95. The van der Waals surface area contributed by atoms with Gasteiger partial charge >= 0.3 is 0 Å². The first kappa shape index (κ1) is 18.1. The molecule has 4 nitrogen and oxygen atoms in total. The third kappa shape index (κ3) is 3.46. The van der Waals surface area contributed by atoms with Crippen molar-refractivity contribution in [3.05, 3.63) is 78.4 Å². The van der Waals surface area contributed by atoms with Crippen LogP contribution in [0.1, 0.15) is 17.9 Å². The number of hydrogen-bond donors (Lipinski definition) is 2. The lowest BCUT2D eigenvalue weighted by molar-refractivity contribution is 0.154. The van der Waals surface area contributed by atoms with Crippen LogP contribution in [0, 0.1) is 0 Å². The summed E-state index contributed by atoms with van der Waals surface area (Å²) in [5, 5.41) is 16.6. The predicted octanol–water partition coefficient (Wildman–Crippen LogP) is 4.63. The number of aromatic nitrogens is 1. The zero-order chi connectivity index (χ0) is 19.6. The summed E-state index contributed by atoms with van der Waals surface area (Å²) in [5.41, 5.74) is 4.74. The molecular formula is C25H25N3O. The first-order chi connectivity index (χ1) is 14.3. The van der Waals surface area contributed by atoms with Gasteiger partial charge in [-0.05, 0) is 36.7 Å². The third-order valence-electron chi connectivity index (χ3n) is 5.82. The van der Waals surface area contributed by atoms with Crippen LogP contribution in [0.5, 0.6) is 0 Å². The smallest absolute Gasteiger partial charge is 0.0843 e. The molecule has 2 unspecified atom stereocenters. The number of nitrogens with one attached hydrogen (secondary N) is 1. The van der Waals surface area contributed by atoms with Crippen molar-refractivity contribution < 1.29 is 5.11 Å². The zero-order valence-electron chi connectivity index (χ0n) is 16.3. The topological polar surface area (TPSA) is 49.5 Å². The minimum absolute atomic E-state index is 0.369. The van der Waals surface area contributed by atoms with Crippen LogP contribution in [-0.2, 0) is 6.54 Å². The molecule has 1 aliphatic heterocycles. The van der Waals surface area contributed by atoms with Gasteiger partial charge in [0.25, 0.3) is 0 Å². The maximum Gasteiger partial charge on any atom is 0.0843 e. The minimum atomic E-state index is -0.446. The molecule has 5 rings (SSSR count). The first-order valence-corrected chi connectivity index (χ1v) is 10.3. The summed E-state index contributed by atoms with van der Waals surface area (Å²) in [5.74, 6) is 0.369. The standard InChI is InChI=1S/C25H25N3O/c29-19(16-26-14-13-18-15-27-23-10-4-1-7-20(18)23)17-28-24-11-5-2-8-21(24)22-9-3-6-12-25(22)28/h1-12,15,18-19,26,29H,13-14,16-17H2. The maximum atomic E-state index is 10.7. The molecular weight excluding hydrogens is 358 g/mol. The number of hydrogen-bond acceptors (Lipinski definition) is 3. The molecule has 1 aliphatic rings. The normalized spacial score (nSPS) is 16.5. The van der Waals surface area contributed by atoms with E-state index in [1.807, 2.05) is 12.3 Å². The largest absolute Gasteiger partial charge is 0.390 e. The summed E-state index contributed by atoms with van der Waals surface area (Å²) in [6.07, 6.45) is 2.59. The van der Waals surface area contributed by atoms with Gasteiger partial charge in [-0.15, -0.1) is 0 Å². The highest BCUT2D eigenvalue weighted by molar-refractivity contribution is 6.07. The molecule has 1 aromatic heterocycles. The average molecular weight is 383 g/mol. The fourth-order valence-electron chi connectivity index (χ4n) is 4.40. The molecule has 0 radical (unpaired) electrons. The van der Waals surface area contributed by atoms with Gasteiger partial charge in [-0.25, -0.2) is 0 Å². The Labute approximate surface area is 170 Å². The lowest BCUT2D eigenvalue weighted by Gasteiger charge is -2.16. The number of fused-ring (bicyclic) bond motifs is 4. The fraction of sp³-hybridized carbons (Fsp3) is 0.240. The van der Waals surface area contributed by atoms with Crippen LogP contribution < -0.4 is 5.32 Å². The molecule has 0 amide bonds. The second-order valence-electron chi connectivity index (χ2n) is 7.74. The van der Waals surface area contributed by atoms with E-state index in [-0.39, 0.29) is 0 Å². The summed E-state index contributed by atoms with van der Waals surface area (Å²) in [6.45, 7) is 2.01. The second-order valence-corrected chi connectivity index (χ2v) is 7.74. The van der Waals surface area contributed by atoms with Crippen molar-refractivity contribution >= 4 is 33.7 Å². The molecule has 0 spiro atoms. The Kier molecular flexibility index (Phi) is 4.88. The highest BCUT2D eigenvalue weighted by atomic mass is 16.3. The summed E-state index contributed by atoms with van der Waals surface area (Å²) in [4.78, 5) is 4.50. The lowest BCUT2D eigenvalue weighted by Crippen LogP contribution is -2.31. The maximum absolute atomic E-state index is 10.7. The highest BCUT2D eigenvalue weighted by Crippen LogP contribution is 2.33. The van der Waals surface area contributed by atoms with Crippen molar-refractivity contribution in [1.29, 1.82) is 0 Å². The van der Waals surface area contributed by atoms with E-state index in [9.17, 15) is 5.11 Å². The van der Waals surface area contributed by atoms with E-state index < -0.39 is 6.10 Å². The summed E-state index contributed by atoms with van der Waals surface area (Å²) in [7, 11) is 0. The predicted molar refractivity (Wildman–Crippen MR) is 120 cm³/mol. The number of rotatable bonds is 7. The quantitative estimate of drug-likeness (QED) is 0.457. The van der Waals surface area contributed by atoms with Crippen LogP contribution in [-0.4, -0.2) is 35.1 Å². The van der Waals surface area contributed by atoms with Crippen molar-refractivity contribution in [2.24, 2.45) is 4.99 Å². The molecule has 2 heterocycles. The number of aliphatic hydroxyl groups is 1. The van der Waals surface area contributed by atoms with Crippen LogP contribution in [0.15, 0.2) is 77.8 Å². The number of benzene rings is 3. The van der Waals surface area contributed by atoms with E-state index in [0.29, 0.717) is 19.0 Å². The van der Waals surface area contributed by atoms with E-state index >= 15 is 0 Å². The van der Waals surface area contributed by atoms with Crippen LogP contribution in [0.25, 0.3) is 21.8 Å². The minimum Gasteiger partial charge on any atom is -0.390 e. The van der Waals surface area contributed by atoms with Gasteiger partial charge in [0, 0.05) is 40.5 Å². The number of aliphatic hydroxyl groups excluding tert-OH is 1. The number of para-hydroxylation sites is 3. The Bertz CT molecular complexity index is 1120. The van der Waals surface area contributed by atoms with E-state index in [4.69, 9.17) is 0 Å². The Morgan fingerprint density at radius 2 is 1.55 bits per heavy atom. The molecule has 29 heavy (non-hydrogen) atoms. The van der Waals surface area contributed by atoms with Crippen LogP contribution >= 0.6 is 0 Å². The Balaban J connectivity index is 1.22. The van der Waals surface area contributed by atoms with Gasteiger partial charge in [0.15, 0.2) is 0 Å². The van der Waals surface area contributed by atoms with E-state index in [1.54, 1.807) is 0 Å². The molecule has 0 saturated heterocycles. The van der Waals surface area contributed by atoms with Crippen molar-refractivity contribution in [3.8, 4) is 0 Å². The summed E-state index contributed by atoms with van der Waals surface area (Å²) >= 11 is 0. The van der Waals surface area contributed by atoms with Crippen LogP contribution in [0.3, 0.4) is 0 Å². The third-order valence-corrected chi connectivity index (χ3v) is 5.82. The van der Waals surface area contributed by atoms with Gasteiger partial charge in [0.1, 0.15) is 0 Å². The van der Waals surface area contributed by atoms with Gasteiger partial charge in [-0.3, -0.25) is 4.99 Å². The number of nitrogens with zero attached hydrogens (tertiary/aromatic N) is 2. The van der Waals surface area contributed by atoms with Crippen LogP contribution in [0.4, 0.5) is 5.69 Å². The van der Waals surface area contributed by atoms with Gasteiger partial charge in [-0.1, -0.05) is 54.6 Å². The van der Waals surface area contributed by atoms with Gasteiger partial charge < -0.3 is 15.0 Å². The van der Waals surface area contributed by atoms with Gasteiger partial charge in [0.05, 0.1) is 18.3 Å². The molecule has 0 fully saturated rings. The first-order valence-electron chi connectivity index (χ1n) is 10.3. The summed E-state index contributed by atoms with van der Waals surface area (Å²) < 4.78 is 2.23. The van der Waals surface area contributed by atoms with Gasteiger partial charge in [0.2, 0.25) is 0 Å². The monoisotopic (exact) mass is 383 g/mol. The molecule has 4 heteroatoms. The van der Waals surface area contributed by atoms with Crippen molar-refractivity contribution in [2.75, 3.05) is 13.1 Å². The molecule has 2 atom stereocenters. The molecule has 0 saturated carbocycles. The summed E-state index contributed by atoms with van der Waals surface area (Å²) in [6, 6.07) is 25.2. The molecule has 0 bridgehead atoms. The molecule has 146 valence electrons. The highest BCUT2D eigenvalue weighted by Gasteiger charge is 2.18. The fourth-order valence-corrected chi connectivity index (χ4v) is 4.40. The Morgan fingerprint density at radius 1 is 0.897 bits per heavy atom. The Morgan fingerprint density at radius 3 is 2.31 bits per heavy atom. The van der Waals surface area contributed by atoms with Gasteiger partial charge in [-0.2, -0.15) is 0 Å². The number of aliphatic imine (C=N–C) groups is 1. The molecule has 2 N–H and O–H groups in total. The van der Waals surface area contributed by atoms with E-state index in [1.165, 1.54) is 27.4 Å².